The molecule has 1 saturated carbocycles. The zero-order valence-corrected chi connectivity index (χ0v) is 12.6. The predicted octanol–water partition coefficient (Wildman–Crippen LogP) is 2.51. The maximum absolute atomic E-state index is 5.01. The maximum Gasteiger partial charge on any atom is 0.0587 e. The van der Waals surface area contributed by atoms with Gasteiger partial charge in [0.15, 0.2) is 0 Å². The molecule has 1 rings (SSSR count). The van der Waals surface area contributed by atoms with E-state index in [1.54, 1.807) is 7.11 Å². The van der Waals surface area contributed by atoms with E-state index in [1.807, 2.05) is 0 Å². The van der Waals surface area contributed by atoms with E-state index in [4.69, 9.17) is 4.74 Å². The van der Waals surface area contributed by atoms with Crippen molar-refractivity contribution in [3.05, 3.63) is 0 Å². The van der Waals surface area contributed by atoms with Crippen LogP contribution in [0.5, 0.6) is 0 Å². The molecule has 0 aromatic carbocycles. The summed E-state index contributed by atoms with van der Waals surface area (Å²) in [5.74, 6) is 0.932. The Morgan fingerprint density at radius 3 is 2.78 bits per heavy atom. The van der Waals surface area contributed by atoms with Crippen molar-refractivity contribution < 1.29 is 4.74 Å². The summed E-state index contributed by atoms with van der Waals surface area (Å²) in [6.07, 6.45) is 8.26. The van der Waals surface area contributed by atoms with E-state index in [-0.39, 0.29) is 0 Å². The first-order valence-electron chi connectivity index (χ1n) is 7.64. The molecule has 0 radical (unpaired) electrons. The Morgan fingerprint density at radius 2 is 2.06 bits per heavy atom. The molecule has 1 N–H and O–H groups in total. The molecule has 0 aliphatic heterocycles. The quantitative estimate of drug-likeness (QED) is 0.642. The molecule has 1 aliphatic rings. The largest absolute Gasteiger partial charge is 0.383 e. The van der Waals surface area contributed by atoms with Crippen LogP contribution in [0.2, 0.25) is 0 Å². The lowest BCUT2D eigenvalue weighted by Gasteiger charge is -2.34. The van der Waals surface area contributed by atoms with Gasteiger partial charge in [-0.05, 0) is 51.7 Å². The van der Waals surface area contributed by atoms with E-state index in [0.717, 1.165) is 31.7 Å². The average Bonchev–Trinajstić information content (AvgIpc) is 2.37. The molecule has 3 heteroatoms. The number of hydrogen-bond donors (Lipinski definition) is 1. The predicted molar refractivity (Wildman–Crippen MR) is 78.0 cm³/mol. The molecule has 1 aliphatic carbocycles. The minimum atomic E-state index is 0.819. The van der Waals surface area contributed by atoms with Gasteiger partial charge in [-0.3, -0.25) is 0 Å². The summed E-state index contributed by atoms with van der Waals surface area (Å²) in [4.78, 5) is 2.59. The number of methoxy groups -OCH3 is 1. The van der Waals surface area contributed by atoms with Crippen LogP contribution < -0.4 is 5.32 Å². The summed E-state index contributed by atoms with van der Waals surface area (Å²) in [6, 6.07) is 0.843. The Morgan fingerprint density at radius 1 is 1.22 bits per heavy atom. The summed E-state index contributed by atoms with van der Waals surface area (Å²) < 4.78 is 5.01. The number of hydrogen-bond acceptors (Lipinski definition) is 3. The third kappa shape index (κ3) is 6.72. The normalized spacial score (nSPS) is 24.7. The number of nitrogens with zero attached hydrogens (tertiary/aromatic N) is 1. The molecule has 18 heavy (non-hydrogen) atoms. The van der Waals surface area contributed by atoms with Crippen LogP contribution >= 0.6 is 0 Å². The molecule has 0 heterocycles. The van der Waals surface area contributed by atoms with E-state index < -0.39 is 0 Å². The summed E-state index contributed by atoms with van der Waals surface area (Å²) >= 11 is 0. The molecule has 0 aromatic rings. The van der Waals surface area contributed by atoms with Gasteiger partial charge in [0.05, 0.1) is 6.61 Å². The molecule has 0 aromatic heterocycles. The van der Waals surface area contributed by atoms with Gasteiger partial charge in [0.1, 0.15) is 0 Å². The summed E-state index contributed by atoms with van der Waals surface area (Å²) in [5, 5.41) is 3.40. The van der Waals surface area contributed by atoms with Crippen LogP contribution in [0.3, 0.4) is 0 Å². The fourth-order valence-corrected chi connectivity index (χ4v) is 2.90. The highest BCUT2D eigenvalue weighted by Gasteiger charge is 2.21. The Hall–Kier alpha value is -0.120. The van der Waals surface area contributed by atoms with E-state index in [0.29, 0.717) is 0 Å². The molecule has 0 amide bonds. The highest BCUT2D eigenvalue weighted by atomic mass is 16.5. The first kappa shape index (κ1) is 15.9. The lowest BCUT2D eigenvalue weighted by atomic mass is 9.86. The summed E-state index contributed by atoms with van der Waals surface area (Å²) in [7, 11) is 4.06. The van der Waals surface area contributed by atoms with Crippen LogP contribution in [0.15, 0.2) is 0 Å². The van der Waals surface area contributed by atoms with Crippen LogP contribution in [-0.4, -0.2) is 51.3 Å². The van der Waals surface area contributed by atoms with Gasteiger partial charge in [-0.15, -0.1) is 0 Å². The molecule has 0 bridgehead atoms. The standard InChI is InChI=1S/C15H32N2O/c1-14-7-6-8-15(13-14)17(2)11-5-4-9-16-10-12-18-3/h14-16H,4-13H2,1-3H3. The Balaban J connectivity index is 1.97. The number of nitrogens with one attached hydrogen (secondary N) is 1. The van der Waals surface area contributed by atoms with Gasteiger partial charge in [-0.25, -0.2) is 0 Å². The molecule has 0 saturated heterocycles. The van der Waals surface area contributed by atoms with Crippen molar-refractivity contribution in [2.75, 3.05) is 40.4 Å². The molecule has 2 atom stereocenters. The Labute approximate surface area is 113 Å². The van der Waals surface area contributed by atoms with Crippen molar-refractivity contribution in [3.63, 3.8) is 0 Å². The second-order valence-corrected chi connectivity index (χ2v) is 5.86. The number of rotatable bonds is 9. The van der Waals surface area contributed by atoms with Crippen molar-refractivity contribution >= 4 is 0 Å². The van der Waals surface area contributed by atoms with Crippen molar-refractivity contribution in [2.45, 2.75) is 51.5 Å². The van der Waals surface area contributed by atoms with E-state index in [1.165, 1.54) is 45.1 Å². The molecule has 1 fully saturated rings. The average molecular weight is 256 g/mol. The van der Waals surface area contributed by atoms with Crippen LogP contribution in [0.25, 0.3) is 0 Å². The monoisotopic (exact) mass is 256 g/mol. The number of ether oxygens (including phenoxy) is 1. The van der Waals surface area contributed by atoms with Crippen LogP contribution in [-0.2, 0) is 4.74 Å². The first-order valence-corrected chi connectivity index (χ1v) is 7.64. The van der Waals surface area contributed by atoms with Gasteiger partial charge in [0.25, 0.3) is 0 Å². The Bertz CT molecular complexity index is 199. The fourth-order valence-electron chi connectivity index (χ4n) is 2.90. The van der Waals surface area contributed by atoms with E-state index >= 15 is 0 Å². The molecule has 3 nitrogen and oxygen atoms in total. The molecule has 108 valence electrons. The summed E-state index contributed by atoms with van der Waals surface area (Å²) in [5.41, 5.74) is 0. The third-order valence-electron chi connectivity index (χ3n) is 4.13. The van der Waals surface area contributed by atoms with E-state index in [2.05, 4.69) is 24.2 Å². The van der Waals surface area contributed by atoms with Gasteiger partial charge < -0.3 is 15.0 Å². The van der Waals surface area contributed by atoms with Gasteiger partial charge in [-0.1, -0.05) is 19.8 Å². The van der Waals surface area contributed by atoms with Crippen molar-refractivity contribution in [3.8, 4) is 0 Å². The zero-order valence-electron chi connectivity index (χ0n) is 12.6. The smallest absolute Gasteiger partial charge is 0.0587 e. The third-order valence-corrected chi connectivity index (χ3v) is 4.13. The minimum Gasteiger partial charge on any atom is -0.383 e. The Kier molecular flexibility index (Phi) is 8.64. The fraction of sp³-hybridized carbons (Fsp3) is 1.00. The SMILES string of the molecule is COCCNCCCCN(C)C1CCCC(C)C1. The van der Waals surface area contributed by atoms with E-state index in [9.17, 15) is 0 Å². The van der Waals surface area contributed by atoms with Gasteiger partial charge in [0.2, 0.25) is 0 Å². The summed E-state index contributed by atoms with van der Waals surface area (Å²) in [6.45, 7) is 6.58. The second kappa shape index (κ2) is 9.76. The molecular weight excluding hydrogens is 224 g/mol. The van der Waals surface area contributed by atoms with Gasteiger partial charge in [-0.2, -0.15) is 0 Å². The molecule has 0 spiro atoms. The molecular formula is C15H32N2O. The van der Waals surface area contributed by atoms with Gasteiger partial charge in [0, 0.05) is 19.7 Å². The van der Waals surface area contributed by atoms with Crippen molar-refractivity contribution in [1.29, 1.82) is 0 Å². The highest BCUT2D eigenvalue weighted by Crippen LogP contribution is 2.26. The topological polar surface area (TPSA) is 24.5 Å². The number of unbranched alkanes of at least 4 members (excludes halogenated alkanes) is 1. The first-order chi connectivity index (χ1) is 8.74. The lowest BCUT2D eigenvalue weighted by Crippen LogP contribution is -2.36. The minimum absolute atomic E-state index is 0.819. The maximum atomic E-state index is 5.01. The van der Waals surface area contributed by atoms with Crippen molar-refractivity contribution in [2.24, 2.45) is 5.92 Å². The highest BCUT2D eigenvalue weighted by molar-refractivity contribution is 4.77. The lowest BCUT2D eigenvalue weighted by molar-refractivity contribution is 0.161. The zero-order chi connectivity index (χ0) is 13.2. The van der Waals surface area contributed by atoms with Crippen LogP contribution in [0.4, 0.5) is 0 Å². The van der Waals surface area contributed by atoms with Crippen LogP contribution in [0.1, 0.15) is 45.4 Å². The van der Waals surface area contributed by atoms with Crippen LogP contribution in [0, 0.1) is 5.92 Å². The van der Waals surface area contributed by atoms with Gasteiger partial charge >= 0.3 is 0 Å². The second-order valence-electron chi connectivity index (χ2n) is 5.86. The molecule has 2 unspecified atom stereocenters. The van der Waals surface area contributed by atoms with Crippen molar-refractivity contribution in [1.82, 2.24) is 10.2 Å².